The van der Waals surface area contributed by atoms with Crippen LogP contribution in [-0.2, 0) is 11.2 Å². The Labute approximate surface area is 149 Å². The van der Waals surface area contributed by atoms with Crippen LogP contribution in [0.1, 0.15) is 56.6 Å². The van der Waals surface area contributed by atoms with Gasteiger partial charge in [0.05, 0.1) is 12.1 Å². The van der Waals surface area contributed by atoms with E-state index in [1.807, 2.05) is 19.2 Å². The van der Waals surface area contributed by atoms with E-state index in [0.29, 0.717) is 23.5 Å². The number of benzene rings is 1. The van der Waals surface area contributed by atoms with Crippen molar-refractivity contribution >= 4 is 5.91 Å². The maximum Gasteiger partial charge on any atom is 0.219 e. The van der Waals surface area contributed by atoms with Gasteiger partial charge in [-0.25, -0.2) is 0 Å². The molecule has 6 atom stereocenters. The van der Waals surface area contributed by atoms with Gasteiger partial charge in [-0.2, -0.15) is 0 Å². The molecule has 4 rings (SSSR count). The molecule has 0 heterocycles. The first kappa shape index (κ1) is 16.9. The van der Waals surface area contributed by atoms with Gasteiger partial charge in [0.25, 0.3) is 0 Å². The lowest BCUT2D eigenvalue weighted by Gasteiger charge is -2.52. The average molecular weight is 343 g/mol. The van der Waals surface area contributed by atoms with Gasteiger partial charge in [0.15, 0.2) is 0 Å². The monoisotopic (exact) mass is 343 g/mol. The normalized spacial score (nSPS) is 39.3. The molecular formula is C21H29NO3. The van der Waals surface area contributed by atoms with Crippen LogP contribution in [0.3, 0.4) is 0 Å². The van der Waals surface area contributed by atoms with E-state index in [2.05, 4.69) is 13.0 Å². The second-order valence-electron chi connectivity index (χ2n) is 8.72. The quantitative estimate of drug-likeness (QED) is 0.824. The van der Waals surface area contributed by atoms with E-state index in [-0.39, 0.29) is 17.4 Å². The van der Waals surface area contributed by atoms with Crippen LogP contribution in [0.4, 0.5) is 0 Å². The van der Waals surface area contributed by atoms with Gasteiger partial charge in [-0.1, -0.05) is 13.0 Å². The second kappa shape index (κ2) is 5.73. The van der Waals surface area contributed by atoms with Gasteiger partial charge < -0.3 is 15.1 Å². The first-order chi connectivity index (χ1) is 11.8. The molecule has 0 aromatic heterocycles. The Kier molecular flexibility index (Phi) is 3.87. The number of aliphatic hydroxyl groups excluding tert-OH is 1. The summed E-state index contributed by atoms with van der Waals surface area (Å²) in [6.07, 6.45) is 4.63. The molecule has 136 valence electrons. The molecular weight excluding hydrogens is 314 g/mol. The molecule has 2 saturated carbocycles. The summed E-state index contributed by atoms with van der Waals surface area (Å²) >= 11 is 0. The van der Waals surface area contributed by atoms with Gasteiger partial charge >= 0.3 is 0 Å². The fourth-order valence-corrected chi connectivity index (χ4v) is 6.45. The topological polar surface area (TPSA) is 60.8 Å². The molecule has 0 unspecified atom stereocenters. The number of hydrogen-bond donors (Lipinski definition) is 2. The van der Waals surface area contributed by atoms with Gasteiger partial charge in [-0.15, -0.1) is 0 Å². The highest BCUT2D eigenvalue weighted by Crippen LogP contribution is 2.61. The number of likely N-dealkylation sites (N-methyl/N-ethyl adjacent to an activating group) is 1. The molecule has 3 aliphatic rings. The Balaban J connectivity index is 1.68. The molecule has 1 aromatic carbocycles. The third-order valence-corrected chi connectivity index (χ3v) is 7.60. The third kappa shape index (κ3) is 2.41. The number of phenols is 1. The lowest BCUT2D eigenvalue weighted by atomic mass is 9.55. The molecule has 1 amide bonds. The minimum atomic E-state index is -0.427. The largest absolute Gasteiger partial charge is 0.508 e. The van der Waals surface area contributed by atoms with Crippen LogP contribution < -0.4 is 0 Å². The van der Waals surface area contributed by atoms with E-state index in [9.17, 15) is 15.0 Å². The van der Waals surface area contributed by atoms with E-state index in [1.165, 1.54) is 11.1 Å². The summed E-state index contributed by atoms with van der Waals surface area (Å²) in [4.78, 5) is 13.7. The van der Waals surface area contributed by atoms with Crippen molar-refractivity contribution in [3.05, 3.63) is 29.3 Å². The SMILES string of the molecule is CC(=O)N(C)[C@H]1[C@H](O)C[C@H]2[C@@H]3CCc4cc(O)ccc4[C@H]3CC[C@]12C. The van der Waals surface area contributed by atoms with Crippen LogP contribution in [0, 0.1) is 17.3 Å². The summed E-state index contributed by atoms with van der Waals surface area (Å²) in [5, 5.41) is 20.6. The molecule has 3 aliphatic carbocycles. The van der Waals surface area contributed by atoms with Crippen molar-refractivity contribution in [3.63, 3.8) is 0 Å². The smallest absolute Gasteiger partial charge is 0.219 e. The first-order valence-electron chi connectivity index (χ1n) is 9.56. The highest BCUT2D eigenvalue weighted by Gasteiger charge is 2.59. The van der Waals surface area contributed by atoms with Crippen molar-refractivity contribution in [1.82, 2.24) is 4.90 Å². The molecule has 1 aromatic rings. The van der Waals surface area contributed by atoms with E-state index < -0.39 is 6.10 Å². The van der Waals surface area contributed by atoms with Gasteiger partial charge in [0.1, 0.15) is 5.75 Å². The predicted molar refractivity (Wildman–Crippen MR) is 96.3 cm³/mol. The fourth-order valence-electron chi connectivity index (χ4n) is 6.45. The van der Waals surface area contributed by atoms with Gasteiger partial charge in [-0.3, -0.25) is 4.79 Å². The van der Waals surface area contributed by atoms with Crippen LogP contribution >= 0.6 is 0 Å². The number of phenolic OH excluding ortho intramolecular Hbond substituents is 1. The second-order valence-corrected chi connectivity index (χ2v) is 8.72. The lowest BCUT2D eigenvalue weighted by molar-refractivity contribution is -0.135. The van der Waals surface area contributed by atoms with E-state index >= 15 is 0 Å². The van der Waals surface area contributed by atoms with Gasteiger partial charge in [0.2, 0.25) is 5.91 Å². The van der Waals surface area contributed by atoms with Crippen LogP contribution in [0.5, 0.6) is 5.75 Å². The number of carbonyl (C=O) groups is 1. The maximum atomic E-state index is 12.0. The van der Waals surface area contributed by atoms with Crippen LogP contribution in [0.25, 0.3) is 0 Å². The number of carbonyl (C=O) groups excluding carboxylic acids is 1. The van der Waals surface area contributed by atoms with Gasteiger partial charge in [0, 0.05) is 14.0 Å². The lowest BCUT2D eigenvalue weighted by Crippen LogP contribution is -2.52. The van der Waals surface area contributed by atoms with Crippen molar-refractivity contribution in [2.75, 3.05) is 7.05 Å². The Morgan fingerprint density at radius 1 is 1.32 bits per heavy atom. The Hall–Kier alpha value is -1.55. The molecule has 2 fully saturated rings. The minimum Gasteiger partial charge on any atom is -0.508 e. The predicted octanol–water partition coefficient (Wildman–Crippen LogP) is 3.07. The van der Waals surface area contributed by atoms with E-state index in [1.54, 1.807) is 11.8 Å². The molecule has 25 heavy (non-hydrogen) atoms. The number of rotatable bonds is 1. The van der Waals surface area contributed by atoms with Crippen LogP contribution in [-0.4, -0.2) is 40.2 Å². The summed E-state index contributed by atoms with van der Waals surface area (Å²) in [7, 11) is 1.84. The molecule has 4 nitrogen and oxygen atoms in total. The molecule has 4 heteroatoms. The number of amides is 1. The third-order valence-electron chi connectivity index (χ3n) is 7.60. The zero-order valence-corrected chi connectivity index (χ0v) is 15.4. The van der Waals surface area contributed by atoms with Crippen molar-refractivity contribution in [2.24, 2.45) is 17.3 Å². The molecule has 0 bridgehead atoms. The van der Waals surface area contributed by atoms with Crippen LogP contribution in [0.15, 0.2) is 18.2 Å². The molecule has 0 aliphatic heterocycles. The standard InChI is InChI=1S/C21H29NO3/c1-12(23)22(3)20-19(25)11-18-17-6-4-13-10-14(24)5-7-15(13)16(17)8-9-21(18,20)2/h5,7,10,16-20,24-25H,4,6,8-9,11H2,1-3H3/t16-,17-,18+,19-,20+,21+/m1/s1. The number of nitrogens with zero attached hydrogens (tertiary/aromatic N) is 1. The van der Waals surface area contributed by atoms with E-state index in [0.717, 1.165) is 32.1 Å². The van der Waals surface area contributed by atoms with Crippen molar-refractivity contribution in [1.29, 1.82) is 0 Å². The summed E-state index contributed by atoms with van der Waals surface area (Å²) in [6, 6.07) is 5.77. The van der Waals surface area contributed by atoms with Gasteiger partial charge in [-0.05, 0) is 78.5 Å². The highest BCUT2D eigenvalue weighted by molar-refractivity contribution is 5.73. The number of aliphatic hydroxyl groups is 1. The molecule has 2 N–H and O–H groups in total. The Morgan fingerprint density at radius 2 is 2.08 bits per heavy atom. The number of fused-ring (bicyclic) bond motifs is 5. The molecule has 0 saturated heterocycles. The van der Waals surface area contributed by atoms with Crippen molar-refractivity contribution in [2.45, 2.75) is 64.0 Å². The minimum absolute atomic E-state index is 0.00454. The van der Waals surface area contributed by atoms with Crippen molar-refractivity contribution in [3.8, 4) is 5.75 Å². The zero-order chi connectivity index (χ0) is 17.9. The van der Waals surface area contributed by atoms with Crippen molar-refractivity contribution < 1.29 is 15.0 Å². The molecule has 0 radical (unpaired) electrons. The highest BCUT2D eigenvalue weighted by atomic mass is 16.3. The fraction of sp³-hybridized carbons (Fsp3) is 0.667. The molecule has 0 spiro atoms. The summed E-state index contributed by atoms with van der Waals surface area (Å²) in [6.45, 7) is 3.89. The Morgan fingerprint density at radius 3 is 2.80 bits per heavy atom. The maximum absolute atomic E-state index is 12.0. The average Bonchev–Trinajstić information content (AvgIpc) is 2.83. The zero-order valence-electron chi connectivity index (χ0n) is 15.4. The van der Waals surface area contributed by atoms with E-state index in [4.69, 9.17) is 0 Å². The summed E-state index contributed by atoms with van der Waals surface area (Å²) < 4.78 is 0. The number of aromatic hydroxyl groups is 1. The first-order valence-corrected chi connectivity index (χ1v) is 9.56. The van der Waals surface area contributed by atoms with Crippen LogP contribution in [0.2, 0.25) is 0 Å². The number of hydrogen-bond acceptors (Lipinski definition) is 3. The summed E-state index contributed by atoms with van der Waals surface area (Å²) in [5.41, 5.74) is 2.69. The Bertz CT molecular complexity index is 702. The number of aryl methyl sites for hydroxylation is 1. The summed E-state index contributed by atoms with van der Waals surface area (Å²) in [5.74, 6) is 1.94.